The lowest BCUT2D eigenvalue weighted by Crippen LogP contribution is -2.50. The number of ether oxygens (including phenoxy) is 1. The summed E-state index contributed by atoms with van der Waals surface area (Å²) >= 11 is 0. The number of fused-ring (bicyclic) bond motifs is 1. The molecule has 0 radical (unpaired) electrons. The number of pyridine rings is 1. The Bertz CT molecular complexity index is 665. The van der Waals surface area contributed by atoms with Gasteiger partial charge >= 0.3 is 6.09 Å². The monoisotopic (exact) mass is 343 g/mol. The number of aryl methyl sites for hydroxylation is 1. The van der Waals surface area contributed by atoms with Gasteiger partial charge in [-0.05, 0) is 64.5 Å². The fourth-order valence-corrected chi connectivity index (χ4v) is 3.88. The topological polar surface area (TPSA) is 77.2 Å². The van der Waals surface area contributed by atoms with E-state index in [1.807, 2.05) is 39.1 Å². The summed E-state index contributed by atoms with van der Waals surface area (Å²) in [6, 6.07) is 4.14. The van der Waals surface area contributed by atoms with Crippen LogP contribution < -0.4 is 11.1 Å². The largest absolute Gasteiger partial charge is 0.444 e. The van der Waals surface area contributed by atoms with Crippen molar-refractivity contribution in [3.05, 3.63) is 41.7 Å². The molecule has 1 aromatic heterocycles. The van der Waals surface area contributed by atoms with E-state index >= 15 is 0 Å². The highest BCUT2D eigenvalue weighted by Crippen LogP contribution is 2.41. The minimum Gasteiger partial charge on any atom is -0.444 e. The number of carbonyl (C=O) groups is 1. The summed E-state index contributed by atoms with van der Waals surface area (Å²) in [4.78, 5) is 16.6. The second-order valence-electron chi connectivity index (χ2n) is 8.26. The van der Waals surface area contributed by atoms with Crippen molar-refractivity contribution in [3.8, 4) is 0 Å². The van der Waals surface area contributed by atoms with Crippen molar-refractivity contribution in [2.24, 2.45) is 5.73 Å². The molecule has 25 heavy (non-hydrogen) atoms. The molecule has 5 heteroatoms. The van der Waals surface area contributed by atoms with E-state index in [0.29, 0.717) is 0 Å². The molecule has 3 atom stereocenters. The van der Waals surface area contributed by atoms with E-state index in [1.54, 1.807) is 0 Å². The number of nitrogens with one attached hydrogen (secondary N) is 1. The van der Waals surface area contributed by atoms with Crippen LogP contribution in [-0.4, -0.2) is 28.3 Å². The first-order valence-corrected chi connectivity index (χ1v) is 9.18. The SMILES string of the molecule is CC(C)(C)OC(=O)N[C@@H]1C=C[C@@](N)(C2CCCc3cccnc32)CC1. The van der Waals surface area contributed by atoms with Gasteiger partial charge in [-0.25, -0.2) is 4.79 Å². The fourth-order valence-electron chi connectivity index (χ4n) is 3.88. The van der Waals surface area contributed by atoms with E-state index in [-0.39, 0.29) is 18.1 Å². The number of rotatable bonds is 2. The Morgan fingerprint density at radius 3 is 2.88 bits per heavy atom. The first-order valence-electron chi connectivity index (χ1n) is 9.18. The Hall–Kier alpha value is -1.88. The molecule has 5 nitrogen and oxygen atoms in total. The minimum absolute atomic E-state index is 0.0293. The molecule has 136 valence electrons. The van der Waals surface area contributed by atoms with E-state index in [2.05, 4.69) is 22.4 Å². The molecule has 0 spiro atoms. The molecule has 2 aliphatic rings. The van der Waals surface area contributed by atoms with Crippen molar-refractivity contribution in [2.45, 2.75) is 76.0 Å². The van der Waals surface area contributed by atoms with Gasteiger partial charge in [-0.15, -0.1) is 0 Å². The smallest absolute Gasteiger partial charge is 0.408 e. The quantitative estimate of drug-likeness (QED) is 0.807. The van der Waals surface area contributed by atoms with Crippen LogP contribution in [-0.2, 0) is 11.2 Å². The third-order valence-corrected chi connectivity index (χ3v) is 5.07. The lowest BCUT2D eigenvalue weighted by atomic mass is 9.69. The van der Waals surface area contributed by atoms with Gasteiger partial charge in [0.15, 0.2) is 0 Å². The van der Waals surface area contributed by atoms with E-state index in [9.17, 15) is 4.79 Å². The molecule has 2 aliphatic carbocycles. The van der Waals surface area contributed by atoms with Crippen LogP contribution in [0, 0.1) is 0 Å². The standard InChI is InChI=1S/C20H29N3O2/c1-19(2,3)25-18(24)23-15-9-11-20(21,12-10-15)16-8-4-6-14-7-5-13-22-17(14)16/h5,7,9,11,13,15-16H,4,6,8,10,12,21H2,1-3H3,(H,23,24)/t15-,16?,20+/m1/s1. The number of amides is 1. The van der Waals surface area contributed by atoms with Gasteiger partial charge in [0, 0.05) is 23.3 Å². The fraction of sp³-hybridized carbons (Fsp3) is 0.600. The van der Waals surface area contributed by atoms with Crippen LogP contribution in [0.4, 0.5) is 4.79 Å². The van der Waals surface area contributed by atoms with Gasteiger partial charge < -0.3 is 15.8 Å². The molecule has 3 rings (SSSR count). The Morgan fingerprint density at radius 1 is 1.40 bits per heavy atom. The van der Waals surface area contributed by atoms with Gasteiger partial charge in [0.2, 0.25) is 0 Å². The van der Waals surface area contributed by atoms with Crippen LogP contribution >= 0.6 is 0 Å². The molecule has 0 aromatic carbocycles. The van der Waals surface area contributed by atoms with Crippen LogP contribution in [0.1, 0.15) is 63.6 Å². The van der Waals surface area contributed by atoms with E-state index in [4.69, 9.17) is 10.5 Å². The number of alkyl carbamates (subject to hydrolysis) is 1. The zero-order chi connectivity index (χ0) is 18.1. The summed E-state index contributed by atoms with van der Waals surface area (Å²) in [5, 5.41) is 2.92. The first kappa shape index (κ1) is 17.9. The van der Waals surface area contributed by atoms with Crippen LogP contribution in [0.2, 0.25) is 0 Å². The number of nitrogens with zero attached hydrogens (tertiary/aromatic N) is 1. The molecule has 0 saturated carbocycles. The Balaban J connectivity index is 1.69. The first-order chi connectivity index (χ1) is 11.8. The average molecular weight is 343 g/mol. The summed E-state index contributed by atoms with van der Waals surface area (Å²) in [7, 11) is 0. The summed E-state index contributed by atoms with van der Waals surface area (Å²) in [6.07, 6.45) is 10.5. The van der Waals surface area contributed by atoms with Crippen molar-refractivity contribution in [1.29, 1.82) is 0 Å². The second kappa shape index (κ2) is 6.79. The maximum Gasteiger partial charge on any atom is 0.408 e. The zero-order valence-electron chi connectivity index (χ0n) is 15.4. The van der Waals surface area contributed by atoms with E-state index in [0.717, 1.165) is 37.8 Å². The van der Waals surface area contributed by atoms with Gasteiger partial charge in [0.05, 0.1) is 6.04 Å². The molecule has 1 aromatic rings. The maximum atomic E-state index is 11.9. The third-order valence-electron chi connectivity index (χ3n) is 5.07. The number of carbonyl (C=O) groups excluding carboxylic acids is 1. The van der Waals surface area contributed by atoms with Crippen LogP contribution in [0.3, 0.4) is 0 Å². The molecule has 0 bridgehead atoms. The Morgan fingerprint density at radius 2 is 2.20 bits per heavy atom. The summed E-state index contributed by atoms with van der Waals surface area (Å²) < 4.78 is 5.33. The maximum absolute atomic E-state index is 11.9. The lowest BCUT2D eigenvalue weighted by Gasteiger charge is -2.41. The average Bonchev–Trinajstić information content (AvgIpc) is 2.55. The van der Waals surface area contributed by atoms with Crippen molar-refractivity contribution >= 4 is 6.09 Å². The molecule has 0 aliphatic heterocycles. The molecule has 1 amide bonds. The van der Waals surface area contributed by atoms with E-state index < -0.39 is 11.1 Å². The lowest BCUT2D eigenvalue weighted by molar-refractivity contribution is 0.0508. The number of hydrogen-bond acceptors (Lipinski definition) is 4. The van der Waals surface area contributed by atoms with Crippen LogP contribution in [0.5, 0.6) is 0 Å². The van der Waals surface area contributed by atoms with Crippen molar-refractivity contribution in [1.82, 2.24) is 10.3 Å². The summed E-state index contributed by atoms with van der Waals surface area (Å²) in [5.74, 6) is 0.246. The van der Waals surface area contributed by atoms with Crippen molar-refractivity contribution in [3.63, 3.8) is 0 Å². The second-order valence-corrected chi connectivity index (χ2v) is 8.26. The molecule has 1 heterocycles. The molecule has 1 unspecified atom stereocenters. The highest BCUT2D eigenvalue weighted by Gasteiger charge is 2.39. The number of hydrogen-bond donors (Lipinski definition) is 2. The number of aromatic nitrogens is 1. The molecule has 3 N–H and O–H groups in total. The van der Waals surface area contributed by atoms with Gasteiger partial charge in [-0.2, -0.15) is 0 Å². The predicted molar refractivity (Wildman–Crippen MR) is 98.4 cm³/mol. The van der Waals surface area contributed by atoms with Gasteiger partial charge in [-0.3, -0.25) is 4.98 Å². The molecule has 0 saturated heterocycles. The van der Waals surface area contributed by atoms with E-state index in [1.165, 1.54) is 5.56 Å². The Kier molecular flexibility index (Phi) is 4.87. The normalized spacial score (nSPS) is 29.0. The van der Waals surface area contributed by atoms with Crippen molar-refractivity contribution in [2.75, 3.05) is 0 Å². The van der Waals surface area contributed by atoms with Crippen molar-refractivity contribution < 1.29 is 9.53 Å². The van der Waals surface area contributed by atoms with Gasteiger partial charge in [0.1, 0.15) is 5.60 Å². The van der Waals surface area contributed by atoms with Gasteiger partial charge in [0.25, 0.3) is 0 Å². The Labute approximate surface area is 150 Å². The number of nitrogens with two attached hydrogens (primary N) is 1. The summed E-state index contributed by atoms with van der Waals surface area (Å²) in [6.45, 7) is 5.59. The third kappa shape index (κ3) is 4.21. The molecular weight excluding hydrogens is 314 g/mol. The van der Waals surface area contributed by atoms with Crippen LogP contribution in [0.15, 0.2) is 30.5 Å². The zero-order valence-corrected chi connectivity index (χ0v) is 15.4. The highest BCUT2D eigenvalue weighted by molar-refractivity contribution is 5.68. The van der Waals surface area contributed by atoms with Crippen LogP contribution in [0.25, 0.3) is 0 Å². The van der Waals surface area contributed by atoms with Gasteiger partial charge in [-0.1, -0.05) is 18.2 Å². The predicted octanol–water partition coefficient (Wildman–Crippen LogP) is 3.44. The minimum atomic E-state index is -0.489. The molecular formula is C20H29N3O2. The summed E-state index contributed by atoms with van der Waals surface area (Å²) in [5.41, 5.74) is 8.37. The highest BCUT2D eigenvalue weighted by atomic mass is 16.6. The molecule has 0 fully saturated rings.